The molecule has 0 aliphatic rings. The van der Waals surface area contributed by atoms with Crippen molar-refractivity contribution in [1.82, 2.24) is 9.97 Å². The van der Waals surface area contributed by atoms with Crippen LogP contribution in [0.1, 0.15) is 0 Å². The predicted octanol–water partition coefficient (Wildman–Crippen LogP) is 5.62. The second-order valence-corrected chi connectivity index (χ2v) is 5.68. The zero-order valence-electron chi connectivity index (χ0n) is 12.3. The quantitative estimate of drug-likeness (QED) is 0.480. The van der Waals surface area contributed by atoms with Crippen LogP contribution in [-0.4, -0.2) is 9.97 Å². The lowest BCUT2D eigenvalue weighted by Gasteiger charge is -2.12. The number of hydrogen-bond donors (Lipinski definition) is 0. The van der Waals surface area contributed by atoms with Gasteiger partial charge >= 0.3 is 0 Å². The lowest BCUT2D eigenvalue weighted by molar-refractivity contribution is 1.29. The SMILES string of the molecule is Clc1cccc(-c2ccccc2)c1-c1ccc2cccnc2n1. The van der Waals surface area contributed by atoms with Gasteiger partial charge in [0.1, 0.15) is 0 Å². The molecule has 3 heteroatoms. The maximum atomic E-state index is 6.50. The van der Waals surface area contributed by atoms with Gasteiger partial charge in [0, 0.05) is 17.1 Å². The Bertz CT molecular complexity index is 981. The zero-order chi connectivity index (χ0) is 15.6. The van der Waals surface area contributed by atoms with Crippen molar-refractivity contribution in [3.05, 3.63) is 84.0 Å². The normalized spacial score (nSPS) is 10.8. The Morgan fingerprint density at radius 1 is 0.739 bits per heavy atom. The maximum absolute atomic E-state index is 6.50. The monoisotopic (exact) mass is 316 g/mol. The molecular formula is C20H13ClN2. The van der Waals surface area contributed by atoms with E-state index in [1.165, 1.54) is 0 Å². The van der Waals surface area contributed by atoms with E-state index in [1.807, 2.05) is 54.6 Å². The smallest absolute Gasteiger partial charge is 0.159 e. The second kappa shape index (κ2) is 5.82. The number of pyridine rings is 2. The van der Waals surface area contributed by atoms with Crippen molar-refractivity contribution in [2.45, 2.75) is 0 Å². The lowest BCUT2D eigenvalue weighted by Crippen LogP contribution is -1.91. The number of fused-ring (bicyclic) bond motifs is 1. The molecule has 0 saturated heterocycles. The van der Waals surface area contributed by atoms with E-state index >= 15 is 0 Å². The minimum absolute atomic E-state index is 0.689. The van der Waals surface area contributed by atoms with E-state index in [9.17, 15) is 0 Å². The molecule has 4 rings (SSSR count). The molecule has 0 spiro atoms. The third-order valence-corrected chi connectivity index (χ3v) is 4.13. The summed E-state index contributed by atoms with van der Waals surface area (Å²) in [4.78, 5) is 9.04. The summed E-state index contributed by atoms with van der Waals surface area (Å²) in [7, 11) is 0. The maximum Gasteiger partial charge on any atom is 0.159 e. The number of benzene rings is 2. The van der Waals surface area contributed by atoms with Gasteiger partial charge < -0.3 is 0 Å². The molecule has 0 aliphatic carbocycles. The van der Waals surface area contributed by atoms with Crippen LogP contribution in [0.25, 0.3) is 33.4 Å². The molecule has 0 bridgehead atoms. The van der Waals surface area contributed by atoms with Crippen LogP contribution >= 0.6 is 11.6 Å². The Balaban J connectivity index is 1.97. The van der Waals surface area contributed by atoms with Crippen LogP contribution in [0.2, 0.25) is 5.02 Å². The Morgan fingerprint density at radius 3 is 2.48 bits per heavy atom. The predicted molar refractivity (Wildman–Crippen MR) is 95.4 cm³/mol. The largest absolute Gasteiger partial charge is 0.237 e. The molecule has 0 unspecified atom stereocenters. The van der Waals surface area contributed by atoms with E-state index in [4.69, 9.17) is 16.6 Å². The summed E-state index contributed by atoms with van der Waals surface area (Å²) in [5.41, 5.74) is 4.69. The van der Waals surface area contributed by atoms with Gasteiger partial charge in [0.15, 0.2) is 5.65 Å². The number of nitrogens with zero attached hydrogens (tertiary/aromatic N) is 2. The van der Waals surface area contributed by atoms with Gasteiger partial charge in [0.25, 0.3) is 0 Å². The van der Waals surface area contributed by atoms with Crippen molar-refractivity contribution in [3.8, 4) is 22.4 Å². The van der Waals surface area contributed by atoms with Gasteiger partial charge in [-0.05, 0) is 41.5 Å². The highest BCUT2D eigenvalue weighted by Crippen LogP contribution is 2.36. The summed E-state index contributed by atoms with van der Waals surface area (Å²) in [5.74, 6) is 0. The van der Waals surface area contributed by atoms with E-state index < -0.39 is 0 Å². The van der Waals surface area contributed by atoms with Gasteiger partial charge in [0.2, 0.25) is 0 Å². The molecule has 4 aromatic rings. The summed E-state index contributed by atoms with van der Waals surface area (Å²) < 4.78 is 0. The van der Waals surface area contributed by atoms with Crippen molar-refractivity contribution < 1.29 is 0 Å². The van der Waals surface area contributed by atoms with Crippen molar-refractivity contribution in [2.75, 3.05) is 0 Å². The molecule has 0 N–H and O–H groups in total. The van der Waals surface area contributed by atoms with Gasteiger partial charge in [-0.25, -0.2) is 9.97 Å². The molecule has 2 aromatic carbocycles. The van der Waals surface area contributed by atoms with E-state index in [0.29, 0.717) is 5.02 Å². The van der Waals surface area contributed by atoms with Crippen molar-refractivity contribution in [3.63, 3.8) is 0 Å². The Labute approximate surface area is 139 Å². The van der Waals surface area contributed by atoms with E-state index in [2.05, 4.69) is 23.2 Å². The lowest BCUT2D eigenvalue weighted by atomic mass is 9.97. The summed E-state index contributed by atoms with van der Waals surface area (Å²) >= 11 is 6.50. The third kappa shape index (κ3) is 2.58. The fourth-order valence-corrected chi connectivity index (χ4v) is 3.01. The van der Waals surface area contributed by atoms with Gasteiger partial charge in [-0.1, -0.05) is 54.1 Å². The van der Waals surface area contributed by atoms with Crippen LogP contribution in [0.4, 0.5) is 0 Å². The van der Waals surface area contributed by atoms with Gasteiger partial charge in [-0.2, -0.15) is 0 Å². The molecule has 0 fully saturated rings. The van der Waals surface area contributed by atoms with Crippen LogP contribution in [0, 0.1) is 0 Å². The van der Waals surface area contributed by atoms with Gasteiger partial charge in [-0.15, -0.1) is 0 Å². The fraction of sp³-hybridized carbons (Fsp3) is 0. The molecule has 2 aromatic heterocycles. The van der Waals surface area contributed by atoms with Crippen LogP contribution in [-0.2, 0) is 0 Å². The number of rotatable bonds is 2. The molecule has 2 nitrogen and oxygen atoms in total. The summed E-state index contributed by atoms with van der Waals surface area (Å²) in [6.45, 7) is 0. The average Bonchev–Trinajstić information content (AvgIpc) is 2.62. The Morgan fingerprint density at radius 2 is 1.61 bits per heavy atom. The first-order chi connectivity index (χ1) is 11.3. The molecule has 0 atom stereocenters. The van der Waals surface area contributed by atoms with Crippen LogP contribution in [0.5, 0.6) is 0 Å². The molecule has 0 aliphatic heterocycles. The van der Waals surface area contributed by atoms with Crippen molar-refractivity contribution >= 4 is 22.6 Å². The van der Waals surface area contributed by atoms with Crippen LogP contribution < -0.4 is 0 Å². The molecule has 0 saturated carbocycles. The van der Waals surface area contributed by atoms with E-state index in [-0.39, 0.29) is 0 Å². The van der Waals surface area contributed by atoms with Crippen molar-refractivity contribution in [2.24, 2.45) is 0 Å². The summed E-state index contributed by atoms with van der Waals surface area (Å²) in [5, 5.41) is 1.71. The number of halogens is 1. The number of aromatic nitrogens is 2. The third-order valence-electron chi connectivity index (χ3n) is 3.82. The minimum atomic E-state index is 0.689. The summed E-state index contributed by atoms with van der Waals surface area (Å²) in [6.07, 6.45) is 1.75. The molecule has 0 radical (unpaired) electrons. The topological polar surface area (TPSA) is 25.8 Å². The highest BCUT2D eigenvalue weighted by Gasteiger charge is 2.13. The molecular weight excluding hydrogens is 304 g/mol. The second-order valence-electron chi connectivity index (χ2n) is 5.28. The number of hydrogen-bond acceptors (Lipinski definition) is 2. The summed E-state index contributed by atoms with van der Waals surface area (Å²) in [6, 6.07) is 24.1. The van der Waals surface area contributed by atoms with Crippen LogP contribution in [0.15, 0.2) is 79.0 Å². The zero-order valence-corrected chi connectivity index (χ0v) is 13.0. The molecule has 0 amide bonds. The van der Waals surface area contributed by atoms with E-state index in [1.54, 1.807) is 6.20 Å². The first-order valence-electron chi connectivity index (χ1n) is 7.39. The standard InChI is InChI=1S/C20H13ClN2/c21-17-10-4-9-16(14-6-2-1-3-7-14)19(17)18-12-11-15-8-5-13-22-20(15)23-18/h1-13H. The van der Waals surface area contributed by atoms with Gasteiger partial charge in [-0.3, -0.25) is 0 Å². The molecule has 110 valence electrons. The first-order valence-corrected chi connectivity index (χ1v) is 7.77. The Hall–Kier alpha value is -2.71. The average molecular weight is 317 g/mol. The Kier molecular flexibility index (Phi) is 3.52. The van der Waals surface area contributed by atoms with Crippen LogP contribution in [0.3, 0.4) is 0 Å². The van der Waals surface area contributed by atoms with Gasteiger partial charge in [0.05, 0.1) is 10.7 Å². The minimum Gasteiger partial charge on any atom is -0.237 e. The molecule has 2 heterocycles. The fourth-order valence-electron chi connectivity index (χ4n) is 2.73. The molecule has 23 heavy (non-hydrogen) atoms. The highest BCUT2D eigenvalue weighted by molar-refractivity contribution is 6.34. The first kappa shape index (κ1) is 13.9. The van der Waals surface area contributed by atoms with E-state index in [0.717, 1.165) is 33.4 Å². The van der Waals surface area contributed by atoms with Crippen molar-refractivity contribution in [1.29, 1.82) is 0 Å². The highest BCUT2D eigenvalue weighted by atomic mass is 35.5.